The molecule has 0 radical (unpaired) electrons. The van der Waals surface area contributed by atoms with Gasteiger partial charge in [0.2, 0.25) is 0 Å². The topological polar surface area (TPSA) is 129 Å². The zero-order valence-electron chi connectivity index (χ0n) is 5.67. The van der Waals surface area contributed by atoms with Crippen molar-refractivity contribution >= 4 is 81.2 Å². The predicted molar refractivity (Wildman–Crippen MR) is 49.5 cm³/mol. The third kappa shape index (κ3) is 8.18. The monoisotopic (exact) mass is 246 g/mol. The Balaban J connectivity index is -0.000000605. The summed E-state index contributed by atoms with van der Waals surface area (Å²) in [4.78, 5) is 20.0. The fourth-order valence-corrected chi connectivity index (χ4v) is 1.09. The summed E-state index contributed by atoms with van der Waals surface area (Å²) in [6, 6.07) is 0. The third-order valence-corrected chi connectivity index (χ3v) is 2.08. The van der Waals surface area contributed by atoms with Gasteiger partial charge in [-0.2, -0.15) is 8.42 Å². The Bertz CT molecular complexity index is 297. The molecule has 0 spiro atoms. The van der Waals surface area contributed by atoms with Crippen molar-refractivity contribution in [2.45, 2.75) is 11.7 Å². The van der Waals surface area contributed by atoms with Crippen molar-refractivity contribution in [2.24, 2.45) is 0 Å². The van der Waals surface area contributed by atoms with Crippen LogP contribution in [0.1, 0.15) is 6.42 Å². The Morgan fingerprint density at radius 3 is 1.57 bits per heavy atom. The van der Waals surface area contributed by atoms with E-state index in [2.05, 4.69) is 0 Å². The van der Waals surface area contributed by atoms with E-state index < -0.39 is 33.7 Å². The van der Waals surface area contributed by atoms with E-state index in [9.17, 15) is 18.0 Å². The van der Waals surface area contributed by atoms with Gasteiger partial charge in [-0.25, -0.2) is 0 Å². The van der Waals surface area contributed by atoms with Crippen LogP contribution >= 0.6 is 0 Å². The van der Waals surface area contributed by atoms with E-state index in [0.29, 0.717) is 0 Å². The van der Waals surface area contributed by atoms with Crippen LogP contribution in [0.2, 0.25) is 0 Å². The number of carboxylic acids is 2. The zero-order chi connectivity index (χ0) is 9.94. The summed E-state index contributed by atoms with van der Waals surface area (Å²) in [5.41, 5.74) is 0. The molecule has 0 aromatic rings. The number of carbonyl (C=O) groups is 2. The molecule has 0 aromatic carbocycles. The molecule has 7 nitrogen and oxygen atoms in total. The van der Waals surface area contributed by atoms with Gasteiger partial charge in [-0.05, 0) is 0 Å². The number of rotatable bonds is 4. The van der Waals surface area contributed by atoms with E-state index in [1.54, 1.807) is 0 Å². The third-order valence-electron chi connectivity index (χ3n) is 0.995. The van der Waals surface area contributed by atoms with Crippen LogP contribution < -0.4 is 0 Å². The number of hydrogen-bond donors (Lipinski definition) is 3. The summed E-state index contributed by atoms with van der Waals surface area (Å²) < 4.78 is 28.7. The van der Waals surface area contributed by atoms with E-state index in [1.165, 1.54) is 0 Å². The van der Waals surface area contributed by atoms with Gasteiger partial charge in [-0.1, -0.05) is 0 Å². The molecule has 0 aromatic heterocycles. The van der Waals surface area contributed by atoms with Gasteiger partial charge in [0.05, 0.1) is 6.42 Å². The SMILES string of the molecule is O=C(O)CC(C(=O)O)S(=O)(=O)O.[NaH].[NaH]. The van der Waals surface area contributed by atoms with Crippen molar-refractivity contribution in [2.75, 3.05) is 0 Å². The molecule has 14 heavy (non-hydrogen) atoms. The van der Waals surface area contributed by atoms with Crippen LogP contribution in [0.3, 0.4) is 0 Å². The molecule has 3 N–H and O–H groups in total. The van der Waals surface area contributed by atoms with Crippen molar-refractivity contribution in [1.29, 1.82) is 0 Å². The summed E-state index contributed by atoms with van der Waals surface area (Å²) in [5, 5.41) is 13.9. The standard InChI is InChI=1S/C4H6O7S.2Na.2H/c5-3(6)1-2(4(7)8)12(9,10)11;;;;/h2H,1H2,(H,5,6)(H,7,8)(H,9,10,11);;;;. The first kappa shape index (κ1) is 20.3. The zero-order valence-corrected chi connectivity index (χ0v) is 6.48. The first-order chi connectivity index (χ1) is 5.25. The van der Waals surface area contributed by atoms with Crippen LogP contribution in [0.5, 0.6) is 0 Å². The summed E-state index contributed by atoms with van der Waals surface area (Å²) in [7, 11) is -4.84. The molecular formula is C4H8Na2O7S. The minimum absolute atomic E-state index is 0. The molecule has 0 aliphatic rings. The van der Waals surface area contributed by atoms with Crippen LogP contribution in [-0.4, -0.2) is 99.5 Å². The Kier molecular flexibility index (Phi) is 11.7. The van der Waals surface area contributed by atoms with Gasteiger partial charge in [-0.15, -0.1) is 0 Å². The molecule has 0 saturated heterocycles. The average Bonchev–Trinajstić information content (AvgIpc) is 1.79. The molecule has 1 unspecified atom stereocenters. The van der Waals surface area contributed by atoms with Gasteiger partial charge in [0.15, 0.2) is 5.25 Å². The summed E-state index contributed by atoms with van der Waals surface area (Å²) in [6.07, 6.45) is -1.16. The number of carboxylic acid groups (broad SMARTS) is 2. The first-order valence-corrected chi connectivity index (χ1v) is 4.16. The summed E-state index contributed by atoms with van der Waals surface area (Å²) in [6.45, 7) is 0. The summed E-state index contributed by atoms with van der Waals surface area (Å²) in [5.74, 6) is -3.50. The van der Waals surface area contributed by atoms with Gasteiger partial charge in [0.25, 0.3) is 10.1 Å². The van der Waals surface area contributed by atoms with E-state index in [4.69, 9.17) is 14.8 Å². The number of aliphatic carboxylic acids is 2. The molecule has 74 valence electrons. The molecule has 0 aliphatic heterocycles. The van der Waals surface area contributed by atoms with Crippen molar-refractivity contribution in [3.8, 4) is 0 Å². The Morgan fingerprint density at radius 2 is 1.50 bits per heavy atom. The maximum absolute atomic E-state index is 10.2. The Hall–Kier alpha value is 0.850. The van der Waals surface area contributed by atoms with Crippen LogP contribution in [0, 0.1) is 0 Å². The van der Waals surface area contributed by atoms with Crippen LogP contribution in [-0.2, 0) is 19.7 Å². The normalized spacial score (nSPS) is 11.8. The summed E-state index contributed by atoms with van der Waals surface area (Å²) >= 11 is 0. The molecule has 0 aliphatic carbocycles. The maximum atomic E-state index is 10.2. The average molecular weight is 246 g/mol. The van der Waals surface area contributed by atoms with Gasteiger partial charge in [0, 0.05) is 0 Å². The van der Waals surface area contributed by atoms with E-state index in [-0.39, 0.29) is 59.1 Å². The fraction of sp³-hybridized carbons (Fsp3) is 0.500. The molecule has 1 atom stereocenters. The van der Waals surface area contributed by atoms with Gasteiger partial charge >= 0.3 is 71.1 Å². The van der Waals surface area contributed by atoms with Crippen molar-refractivity contribution in [1.82, 2.24) is 0 Å². The molecule has 0 bridgehead atoms. The van der Waals surface area contributed by atoms with Crippen molar-refractivity contribution in [3.63, 3.8) is 0 Å². The minimum atomic E-state index is -4.84. The van der Waals surface area contributed by atoms with Crippen LogP contribution in [0.15, 0.2) is 0 Å². The second-order valence-corrected chi connectivity index (χ2v) is 3.54. The molecular weight excluding hydrogens is 238 g/mol. The van der Waals surface area contributed by atoms with Crippen LogP contribution in [0.4, 0.5) is 0 Å². The van der Waals surface area contributed by atoms with Gasteiger partial charge in [0.1, 0.15) is 0 Å². The molecule has 0 heterocycles. The molecule has 10 heteroatoms. The Labute approximate surface area is 124 Å². The predicted octanol–water partition coefficient (Wildman–Crippen LogP) is -2.49. The molecule has 0 fully saturated rings. The molecule has 0 amide bonds. The van der Waals surface area contributed by atoms with E-state index >= 15 is 0 Å². The van der Waals surface area contributed by atoms with Gasteiger partial charge < -0.3 is 10.2 Å². The molecule has 0 saturated carbocycles. The van der Waals surface area contributed by atoms with Gasteiger partial charge in [-0.3, -0.25) is 14.1 Å². The number of hydrogen-bond acceptors (Lipinski definition) is 4. The second kappa shape index (κ2) is 8.05. The first-order valence-electron chi connectivity index (χ1n) is 2.66. The Morgan fingerprint density at radius 1 is 1.14 bits per heavy atom. The van der Waals surface area contributed by atoms with Crippen molar-refractivity contribution < 1.29 is 32.8 Å². The quantitative estimate of drug-likeness (QED) is 0.369. The molecule has 0 rings (SSSR count). The second-order valence-electron chi connectivity index (χ2n) is 1.94. The van der Waals surface area contributed by atoms with Crippen molar-refractivity contribution in [3.05, 3.63) is 0 Å². The van der Waals surface area contributed by atoms with E-state index in [0.717, 1.165) is 0 Å². The van der Waals surface area contributed by atoms with E-state index in [1.807, 2.05) is 0 Å². The fourth-order valence-electron chi connectivity index (χ4n) is 0.479. The van der Waals surface area contributed by atoms with Crippen LogP contribution in [0.25, 0.3) is 0 Å².